The Morgan fingerprint density at radius 1 is 1.44 bits per heavy atom. The van der Waals surface area contributed by atoms with Gasteiger partial charge in [-0.05, 0) is 12.0 Å². The van der Waals surface area contributed by atoms with Gasteiger partial charge in [0.1, 0.15) is 37.1 Å². The fraction of sp³-hybridized carbons (Fsp3) is 0.412. The van der Waals surface area contributed by atoms with E-state index in [0.717, 1.165) is 12.7 Å². The lowest BCUT2D eigenvalue weighted by Crippen LogP contribution is -2.55. The van der Waals surface area contributed by atoms with Crippen molar-refractivity contribution in [3.8, 4) is 0 Å². The molecule has 1 amide bonds. The number of hydrogen-bond donors (Lipinski definition) is 2. The van der Waals surface area contributed by atoms with Crippen molar-refractivity contribution in [1.29, 1.82) is 0 Å². The molecule has 0 bridgehead atoms. The lowest BCUT2D eigenvalue weighted by atomic mass is 10.1. The van der Waals surface area contributed by atoms with Gasteiger partial charge >= 0.3 is 5.97 Å². The first-order valence-corrected chi connectivity index (χ1v) is 8.73. The Morgan fingerprint density at radius 3 is 2.70 bits per heavy atom. The van der Waals surface area contributed by atoms with Crippen molar-refractivity contribution in [3.63, 3.8) is 0 Å². The average molecular weight is 394 g/mol. The molecule has 0 spiro atoms. The molecule has 0 saturated carbocycles. The van der Waals surface area contributed by atoms with Crippen LogP contribution in [0.4, 0.5) is 0 Å². The molecule has 1 aromatic heterocycles. The van der Waals surface area contributed by atoms with Gasteiger partial charge in [-0.2, -0.15) is 5.10 Å². The molecule has 1 N–H and O–H groups in total. The first kappa shape index (κ1) is 20.6. The fourth-order valence-electron chi connectivity index (χ4n) is 2.50. The van der Waals surface area contributed by atoms with E-state index in [1.54, 1.807) is 11.0 Å². The zero-order valence-electron chi connectivity index (χ0n) is 14.9. The molecular formula is C17H22N4O5S. The van der Waals surface area contributed by atoms with E-state index >= 15 is 0 Å². The summed E-state index contributed by atoms with van der Waals surface area (Å²) in [5, 5.41) is 13.3. The summed E-state index contributed by atoms with van der Waals surface area (Å²) in [6.07, 6.45) is 6.60. The molecule has 0 unspecified atom stereocenters. The number of nitrogens with zero attached hydrogens (tertiary/aromatic N) is 4. The summed E-state index contributed by atoms with van der Waals surface area (Å²) in [6, 6.07) is 0. The summed E-state index contributed by atoms with van der Waals surface area (Å²) in [5.41, 5.74) is 0.476. The van der Waals surface area contributed by atoms with Crippen LogP contribution in [0, 0.1) is 0 Å². The second-order valence-electron chi connectivity index (χ2n) is 5.89. The van der Waals surface area contributed by atoms with Crippen molar-refractivity contribution in [3.05, 3.63) is 48.5 Å². The topological polar surface area (TPSA) is 107 Å². The van der Waals surface area contributed by atoms with Crippen LogP contribution >= 0.6 is 12.9 Å². The second-order valence-corrected chi connectivity index (χ2v) is 6.07. The van der Waals surface area contributed by atoms with E-state index in [1.165, 1.54) is 17.3 Å². The van der Waals surface area contributed by atoms with Gasteiger partial charge in [-0.25, -0.2) is 14.5 Å². The summed E-state index contributed by atoms with van der Waals surface area (Å²) in [5.74, 6) is -1.21. The summed E-state index contributed by atoms with van der Waals surface area (Å²) < 4.78 is 11.9. The zero-order chi connectivity index (χ0) is 19.8. The molecule has 9 nitrogen and oxygen atoms in total. The first-order chi connectivity index (χ1) is 13.0. The molecule has 1 aliphatic heterocycles. The van der Waals surface area contributed by atoms with Crippen LogP contribution in [0.3, 0.4) is 0 Å². The van der Waals surface area contributed by atoms with Crippen molar-refractivity contribution in [2.75, 3.05) is 13.1 Å². The summed E-state index contributed by atoms with van der Waals surface area (Å²) in [7, 11) is 0. The molecule has 10 heteroatoms. The Morgan fingerprint density at radius 2 is 2.19 bits per heavy atom. The molecule has 1 saturated heterocycles. The number of rotatable bonds is 10. The number of amides is 1. The molecule has 146 valence electrons. The fourth-order valence-corrected chi connectivity index (χ4v) is 2.72. The van der Waals surface area contributed by atoms with Gasteiger partial charge in [-0.15, -0.1) is 0 Å². The SMILES string of the molecule is C=C/C(CCC)=C(OS)\C(=C\OC1CN(C(=O)Cn2cncn2)C1)C(=O)O. The molecule has 0 atom stereocenters. The van der Waals surface area contributed by atoms with Crippen LogP contribution in [0.2, 0.25) is 0 Å². The normalized spacial score (nSPS) is 15.6. The highest BCUT2D eigenvalue weighted by atomic mass is 32.1. The molecule has 0 aromatic carbocycles. The van der Waals surface area contributed by atoms with Crippen LogP contribution in [0.5, 0.6) is 0 Å². The Labute approximate surface area is 162 Å². The van der Waals surface area contributed by atoms with Gasteiger partial charge in [-0.1, -0.05) is 26.0 Å². The molecule has 1 aliphatic rings. The van der Waals surface area contributed by atoms with Crippen LogP contribution in [-0.2, 0) is 25.1 Å². The number of aromatic nitrogens is 3. The Hall–Kier alpha value is -2.75. The number of likely N-dealkylation sites (tertiary alicyclic amines) is 1. The third-order valence-electron chi connectivity index (χ3n) is 3.97. The van der Waals surface area contributed by atoms with Gasteiger partial charge in [0.15, 0.2) is 5.76 Å². The molecule has 0 aliphatic carbocycles. The Bertz CT molecular complexity index is 739. The van der Waals surface area contributed by atoms with Crippen molar-refractivity contribution in [2.45, 2.75) is 32.4 Å². The lowest BCUT2D eigenvalue weighted by Gasteiger charge is -2.38. The van der Waals surface area contributed by atoms with Crippen LogP contribution in [0.15, 0.2) is 48.5 Å². The minimum absolute atomic E-state index is 0.0983. The quantitative estimate of drug-likeness (QED) is 0.204. The zero-order valence-corrected chi connectivity index (χ0v) is 15.8. The molecular weight excluding hydrogens is 372 g/mol. The first-order valence-electron chi connectivity index (χ1n) is 8.36. The van der Waals surface area contributed by atoms with E-state index < -0.39 is 5.97 Å². The van der Waals surface area contributed by atoms with E-state index in [4.69, 9.17) is 8.92 Å². The van der Waals surface area contributed by atoms with E-state index in [2.05, 4.69) is 29.6 Å². The van der Waals surface area contributed by atoms with E-state index in [9.17, 15) is 14.7 Å². The molecule has 2 rings (SSSR count). The number of aliphatic carboxylic acids is 1. The molecule has 0 radical (unpaired) electrons. The number of hydrogen-bond acceptors (Lipinski definition) is 7. The number of thiol groups is 1. The van der Waals surface area contributed by atoms with Gasteiger partial charge in [0.05, 0.1) is 13.1 Å². The van der Waals surface area contributed by atoms with Crippen molar-refractivity contribution in [2.24, 2.45) is 0 Å². The number of ether oxygens (including phenoxy) is 1. The second kappa shape index (κ2) is 9.81. The number of carbonyl (C=O) groups is 2. The van der Waals surface area contributed by atoms with E-state index in [-0.39, 0.29) is 29.9 Å². The monoisotopic (exact) mass is 394 g/mol. The standard InChI is InChI=1S/C17H22N4O5S/c1-3-5-12(4-2)16(26-27)14(17(23)24)9-25-13-6-20(7-13)15(22)8-21-11-18-10-19-21/h4,9-11,13,27H,2-3,5-8H2,1H3,(H,23,24)/b14-9-,16-12-. The van der Waals surface area contributed by atoms with Gasteiger partial charge in [0, 0.05) is 12.9 Å². The Kier molecular flexibility index (Phi) is 7.47. The molecule has 27 heavy (non-hydrogen) atoms. The summed E-state index contributed by atoms with van der Waals surface area (Å²) in [4.78, 5) is 29.0. The van der Waals surface area contributed by atoms with Gasteiger partial charge in [0.2, 0.25) is 5.91 Å². The third-order valence-corrected chi connectivity index (χ3v) is 4.15. The molecule has 1 aromatic rings. The highest BCUT2D eigenvalue weighted by molar-refractivity contribution is 7.75. The number of carbonyl (C=O) groups excluding carboxylic acids is 1. The predicted octanol–water partition coefficient (Wildman–Crippen LogP) is 1.58. The molecule has 1 fully saturated rings. The molecule has 2 heterocycles. The van der Waals surface area contributed by atoms with E-state index in [0.29, 0.717) is 25.1 Å². The van der Waals surface area contributed by atoms with Gasteiger partial charge in [-0.3, -0.25) is 4.79 Å². The van der Waals surface area contributed by atoms with Gasteiger partial charge < -0.3 is 18.9 Å². The summed E-state index contributed by atoms with van der Waals surface area (Å²) >= 11 is 3.77. The maximum absolute atomic E-state index is 12.1. The smallest absolute Gasteiger partial charge is 0.342 e. The third kappa shape index (κ3) is 5.36. The lowest BCUT2D eigenvalue weighted by molar-refractivity contribution is -0.143. The summed E-state index contributed by atoms with van der Waals surface area (Å²) in [6.45, 7) is 6.47. The van der Waals surface area contributed by atoms with E-state index in [1.807, 2.05) is 6.92 Å². The highest BCUT2D eigenvalue weighted by Gasteiger charge is 2.32. The van der Waals surface area contributed by atoms with Crippen molar-refractivity contribution in [1.82, 2.24) is 19.7 Å². The average Bonchev–Trinajstić information content (AvgIpc) is 3.10. The largest absolute Gasteiger partial charge is 0.493 e. The van der Waals surface area contributed by atoms with Crippen LogP contribution < -0.4 is 0 Å². The maximum atomic E-state index is 12.1. The minimum Gasteiger partial charge on any atom is -0.493 e. The number of carboxylic acid groups (broad SMARTS) is 1. The van der Waals surface area contributed by atoms with Crippen LogP contribution in [0.1, 0.15) is 19.8 Å². The van der Waals surface area contributed by atoms with Crippen molar-refractivity contribution < 1.29 is 23.6 Å². The Balaban J connectivity index is 1.97. The predicted molar refractivity (Wildman–Crippen MR) is 99.4 cm³/mol. The number of allylic oxidation sites excluding steroid dienone is 2. The highest BCUT2D eigenvalue weighted by Crippen LogP contribution is 2.24. The van der Waals surface area contributed by atoms with Crippen molar-refractivity contribution >= 4 is 24.8 Å². The minimum atomic E-state index is -1.20. The number of carboxylic acids is 1. The van der Waals surface area contributed by atoms with Crippen LogP contribution in [0.25, 0.3) is 0 Å². The maximum Gasteiger partial charge on any atom is 0.342 e. The van der Waals surface area contributed by atoms with Gasteiger partial charge in [0.25, 0.3) is 0 Å². The van der Waals surface area contributed by atoms with Crippen LogP contribution in [-0.4, -0.2) is 55.8 Å².